The van der Waals surface area contributed by atoms with Crippen LogP contribution in [0, 0.1) is 11.8 Å². The second-order valence-corrected chi connectivity index (χ2v) is 4.84. The predicted octanol–water partition coefficient (Wildman–Crippen LogP) is 2.47. The van der Waals surface area contributed by atoms with Crippen molar-refractivity contribution in [1.82, 2.24) is 0 Å². The highest BCUT2D eigenvalue weighted by atomic mass is 16.3. The van der Waals surface area contributed by atoms with E-state index in [1.54, 1.807) is 0 Å². The van der Waals surface area contributed by atoms with Crippen LogP contribution in [0.2, 0.25) is 0 Å². The topological polar surface area (TPSA) is 20.2 Å². The lowest BCUT2D eigenvalue weighted by Crippen LogP contribution is -2.29. The van der Waals surface area contributed by atoms with E-state index in [4.69, 9.17) is 7.85 Å². The summed E-state index contributed by atoms with van der Waals surface area (Å²) in [6.07, 6.45) is 6.17. The van der Waals surface area contributed by atoms with Gasteiger partial charge in [-0.3, -0.25) is 0 Å². The molecule has 0 saturated heterocycles. The van der Waals surface area contributed by atoms with E-state index in [9.17, 15) is 5.11 Å². The van der Waals surface area contributed by atoms with Gasteiger partial charge in [0.05, 0.1) is 0 Å². The lowest BCUT2D eigenvalue weighted by atomic mass is 9.73. The summed E-state index contributed by atoms with van der Waals surface area (Å²) in [6.45, 7) is 4.58. The van der Waals surface area contributed by atoms with E-state index in [0.717, 1.165) is 31.6 Å². The normalized spacial score (nSPS) is 43.3. The molecule has 2 heteroatoms. The van der Waals surface area contributed by atoms with Crippen molar-refractivity contribution in [2.24, 2.45) is 11.8 Å². The van der Waals surface area contributed by atoms with Crippen LogP contribution in [0.3, 0.4) is 0 Å². The van der Waals surface area contributed by atoms with Crippen molar-refractivity contribution in [3.63, 3.8) is 0 Å². The van der Waals surface area contributed by atoms with Gasteiger partial charge in [0, 0.05) is 5.50 Å². The monoisotopic (exact) mass is 180 g/mol. The molecule has 0 aromatic rings. The average molecular weight is 180 g/mol. The summed E-state index contributed by atoms with van der Waals surface area (Å²) in [4.78, 5) is 0. The molecule has 0 spiro atoms. The van der Waals surface area contributed by atoms with Crippen molar-refractivity contribution in [3.05, 3.63) is 0 Å². The van der Waals surface area contributed by atoms with E-state index in [0.29, 0.717) is 5.92 Å². The molecular weight excluding hydrogens is 159 g/mol. The summed E-state index contributed by atoms with van der Waals surface area (Å²) >= 11 is 0. The van der Waals surface area contributed by atoms with Gasteiger partial charge in [0.1, 0.15) is 7.85 Å². The van der Waals surface area contributed by atoms with Crippen LogP contribution < -0.4 is 0 Å². The Morgan fingerprint density at radius 3 is 2.38 bits per heavy atom. The smallest absolute Gasteiger partial charge is 0.113 e. The molecule has 0 aliphatic heterocycles. The van der Waals surface area contributed by atoms with Crippen molar-refractivity contribution in [1.29, 1.82) is 0 Å². The standard InChI is InChI=1S/C11H21BO/c1-9-5-3-4-7-11(12,13)8-6-10(9)2/h9-10,13H,3-8H2,1-2H3. The Morgan fingerprint density at radius 1 is 1.08 bits per heavy atom. The quantitative estimate of drug-likeness (QED) is 0.567. The molecule has 1 rings (SSSR count). The van der Waals surface area contributed by atoms with Crippen LogP contribution in [0.25, 0.3) is 0 Å². The molecule has 3 unspecified atom stereocenters. The first-order chi connectivity index (χ1) is 6.01. The van der Waals surface area contributed by atoms with E-state index in [2.05, 4.69) is 13.8 Å². The fraction of sp³-hybridized carbons (Fsp3) is 1.00. The minimum Gasteiger partial charge on any atom is -0.400 e. The van der Waals surface area contributed by atoms with Gasteiger partial charge in [0.2, 0.25) is 0 Å². The van der Waals surface area contributed by atoms with E-state index in [1.807, 2.05) is 0 Å². The molecule has 0 amide bonds. The molecule has 0 bridgehead atoms. The molecule has 1 aliphatic carbocycles. The first-order valence-corrected chi connectivity index (χ1v) is 5.52. The third-order valence-electron chi connectivity index (χ3n) is 3.52. The van der Waals surface area contributed by atoms with E-state index < -0.39 is 5.50 Å². The van der Waals surface area contributed by atoms with Crippen LogP contribution in [-0.4, -0.2) is 18.5 Å². The van der Waals surface area contributed by atoms with E-state index in [1.165, 1.54) is 12.8 Å². The number of hydrogen-bond donors (Lipinski definition) is 1. The van der Waals surface area contributed by atoms with Crippen LogP contribution >= 0.6 is 0 Å². The Labute approximate surface area is 83.3 Å². The second kappa shape index (κ2) is 4.50. The Morgan fingerprint density at radius 2 is 1.69 bits per heavy atom. The van der Waals surface area contributed by atoms with Gasteiger partial charge < -0.3 is 5.11 Å². The zero-order valence-electron chi connectivity index (χ0n) is 8.92. The van der Waals surface area contributed by atoms with E-state index in [-0.39, 0.29) is 0 Å². The fourth-order valence-electron chi connectivity index (χ4n) is 2.07. The summed E-state index contributed by atoms with van der Waals surface area (Å²) in [5.74, 6) is 1.49. The highest BCUT2D eigenvalue weighted by molar-refractivity contribution is 6.14. The van der Waals surface area contributed by atoms with Gasteiger partial charge in [-0.2, -0.15) is 0 Å². The molecule has 0 aromatic heterocycles. The summed E-state index contributed by atoms with van der Waals surface area (Å²) in [5, 5.41) is 9.79. The van der Waals surface area contributed by atoms with Crippen molar-refractivity contribution >= 4 is 7.85 Å². The van der Waals surface area contributed by atoms with E-state index >= 15 is 0 Å². The molecular formula is C11H21BO. The Balaban J connectivity index is 2.49. The molecule has 1 fully saturated rings. The SMILES string of the molecule is [B]C1(O)CCCCC(C)C(C)CC1. The van der Waals surface area contributed by atoms with Gasteiger partial charge in [-0.05, 0) is 31.1 Å². The molecule has 3 atom stereocenters. The van der Waals surface area contributed by atoms with Gasteiger partial charge in [0.15, 0.2) is 0 Å². The summed E-state index contributed by atoms with van der Waals surface area (Å²) < 4.78 is 0. The Bertz CT molecular complexity index is 156. The molecule has 2 radical (unpaired) electrons. The van der Waals surface area contributed by atoms with Gasteiger partial charge in [0.25, 0.3) is 0 Å². The molecule has 1 nitrogen and oxygen atoms in total. The minimum absolute atomic E-state index is 0.702. The minimum atomic E-state index is -0.891. The Kier molecular flexibility index (Phi) is 3.84. The van der Waals surface area contributed by atoms with Gasteiger partial charge in [-0.1, -0.05) is 33.1 Å². The van der Waals surface area contributed by atoms with Crippen molar-refractivity contribution in [2.45, 2.75) is 57.9 Å². The number of hydrogen-bond acceptors (Lipinski definition) is 1. The maximum atomic E-state index is 9.79. The molecule has 0 aromatic carbocycles. The number of rotatable bonds is 0. The summed E-state index contributed by atoms with van der Waals surface area (Å²) in [6, 6.07) is 0. The molecule has 1 saturated carbocycles. The Hall–Kier alpha value is 0.0249. The first-order valence-electron chi connectivity index (χ1n) is 5.52. The van der Waals surface area contributed by atoms with Gasteiger partial charge >= 0.3 is 0 Å². The predicted molar refractivity (Wildman–Crippen MR) is 56.7 cm³/mol. The lowest BCUT2D eigenvalue weighted by molar-refractivity contribution is 0.0993. The first kappa shape index (κ1) is 11.1. The van der Waals surface area contributed by atoms with Gasteiger partial charge in [-0.15, -0.1) is 0 Å². The maximum Gasteiger partial charge on any atom is 0.113 e. The third kappa shape index (κ3) is 3.72. The van der Waals surface area contributed by atoms with Crippen molar-refractivity contribution in [2.75, 3.05) is 0 Å². The van der Waals surface area contributed by atoms with Gasteiger partial charge in [-0.25, -0.2) is 0 Å². The largest absolute Gasteiger partial charge is 0.400 e. The van der Waals surface area contributed by atoms with Crippen LogP contribution in [-0.2, 0) is 0 Å². The number of aliphatic hydroxyl groups is 1. The van der Waals surface area contributed by atoms with Crippen molar-refractivity contribution < 1.29 is 5.11 Å². The highest BCUT2D eigenvalue weighted by Crippen LogP contribution is 2.29. The average Bonchev–Trinajstić information content (AvgIpc) is 2.11. The molecule has 1 N–H and O–H groups in total. The third-order valence-corrected chi connectivity index (χ3v) is 3.52. The molecule has 13 heavy (non-hydrogen) atoms. The second-order valence-electron chi connectivity index (χ2n) is 4.84. The van der Waals surface area contributed by atoms with Crippen LogP contribution in [0.4, 0.5) is 0 Å². The zero-order valence-corrected chi connectivity index (χ0v) is 8.92. The van der Waals surface area contributed by atoms with Crippen LogP contribution in [0.15, 0.2) is 0 Å². The molecule has 74 valence electrons. The summed E-state index contributed by atoms with van der Waals surface area (Å²) in [5.41, 5.74) is -0.891. The molecule has 0 heterocycles. The van der Waals surface area contributed by atoms with Crippen molar-refractivity contribution in [3.8, 4) is 0 Å². The maximum absolute atomic E-state index is 9.79. The zero-order chi connectivity index (χ0) is 9.90. The summed E-state index contributed by atoms with van der Waals surface area (Å²) in [7, 11) is 5.78. The van der Waals surface area contributed by atoms with Crippen LogP contribution in [0.5, 0.6) is 0 Å². The fourth-order valence-corrected chi connectivity index (χ4v) is 2.07. The highest BCUT2D eigenvalue weighted by Gasteiger charge is 2.23. The molecule has 1 aliphatic rings. The lowest BCUT2D eigenvalue weighted by Gasteiger charge is -2.25. The van der Waals surface area contributed by atoms with Crippen LogP contribution in [0.1, 0.15) is 52.4 Å².